The molecule has 0 fully saturated rings. The highest BCUT2D eigenvalue weighted by Crippen LogP contribution is 2.21. The largest absolute Gasteiger partial charge is 0.482 e. The van der Waals surface area contributed by atoms with Gasteiger partial charge in [0.15, 0.2) is 6.61 Å². The van der Waals surface area contributed by atoms with Crippen molar-refractivity contribution in [1.82, 2.24) is 4.98 Å². The molecule has 1 aromatic heterocycles. The van der Waals surface area contributed by atoms with Crippen molar-refractivity contribution >= 4 is 17.3 Å². The molecule has 1 N–H and O–H groups in total. The van der Waals surface area contributed by atoms with Crippen molar-refractivity contribution in [1.29, 1.82) is 0 Å². The number of thiazole rings is 1. The zero-order valence-corrected chi connectivity index (χ0v) is 9.11. The number of aromatic nitrogens is 1. The highest BCUT2D eigenvalue weighted by Gasteiger charge is 2.01. The Hall–Kier alpha value is -1.88. The first-order valence-corrected chi connectivity index (χ1v) is 5.53. The molecule has 82 valence electrons. The fourth-order valence-corrected chi connectivity index (χ4v) is 1.78. The van der Waals surface area contributed by atoms with Gasteiger partial charge in [-0.15, -0.1) is 11.3 Å². The number of carboxylic acid groups (broad SMARTS) is 1. The Morgan fingerprint density at radius 2 is 2.12 bits per heavy atom. The summed E-state index contributed by atoms with van der Waals surface area (Å²) in [6, 6.07) is 7.17. The van der Waals surface area contributed by atoms with Gasteiger partial charge in [-0.2, -0.15) is 0 Å². The number of hydrogen-bond donors (Lipinski definition) is 1. The Labute approximate surface area is 96.1 Å². The molecule has 0 saturated carbocycles. The smallest absolute Gasteiger partial charge is 0.341 e. The van der Waals surface area contributed by atoms with Crippen molar-refractivity contribution < 1.29 is 14.6 Å². The van der Waals surface area contributed by atoms with E-state index < -0.39 is 5.97 Å². The predicted molar refractivity (Wildman–Crippen MR) is 60.7 cm³/mol. The van der Waals surface area contributed by atoms with Crippen LogP contribution in [-0.4, -0.2) is 22.7 Å². The summed E-state index contributed by atoms with van der Waals surface area (Å²) < 4.78 is 5.02. The molecular weight excluding hydrogens is 226 g/mol. The number of carbonyl (C=O) groups is 1. The Morgan fingerprint density at radius 1 is 1.38 bits per heavy atom. The summed E-state index contributed by atoms with van der Waals surface area (Å²) in [5.74, 6) is -0.440. The van der Waals surface area contributed by atoms with Crippen molar-refractivity contribution in [3.63, 3.8) is 0 Å². The summed E-state index contributed by atoms with van der Waals surface area (Å²) in [6.07, 6.45) is 0. The van der Waals surface area contributed by atoms with E-state index >= 15 is 0 Å². The van der Waals surface area contributed by atoms with Gasteiger partial charge in [-0.1, -0.05) is 0 Å². The van der Waals surface area contributed by atoms with Crippen LogP contribution in [-0.2, 0) is 4.79 Å². The molecule has 0 amide bonds. The molecule has 2 rings (SSSR count). The van der Waals surface area contributed by atoms with Crippen molar-refractivity contribution in [2.45, 2.75) is 0 Å². The zero-order valence-electron chi connectivity index (χ0n) is 8.29. The molecule has 0 aliphatic rings. The van der Waals surface area contributed by atoms with Crippen LogP contribution in [0.3, 0.4) is 0 Å². The van der Waals surface area contributed by atoms with Gasteiger partial charge >= 0.3 is 5.97 Å². The van der Waals surface area contributed by atoms with E-state index in [1.54, 1.807) is 17.6 Å². The number of nitrogens with zero attached hydrogens (tertiary/aromatic N) is 1. The maximum Gasteiger partial charge on any atom is 0.341 e. The molecule has 0 aliphatic heterocycles. The second kappa shape index (κ2) is 4.76. The third-order valence-corrected chi connectivity index (χ3v) is 2.53. The van der Waals surface area contributed by atoms with E-state index in [9.17, 15) is 4.79 Å². The van der Waals surface area contributed by atoms with Gasteiger partial charge in [-0.05, 0) is 24.3 Å². The first-order valence-electron chi connectivity index (χ1n) is 4.59. The SMILES string of the molecule is O=C(O)COc1ccc(-c2cscn2)cc1. The maximum absolute atomic E-state index is 10.3. The molecule has 4 nitrogen and oxygen atoms in total. The van der Waals surface area contributed by atoms with E-state index in [0.717, 1.165) is 11.3 Å². The van der Waals surface area contributed by atoms with Crippen LogP contribution in [0.15, 0.2) is 35.2 Å². The van der Waals surface area contributed by atoms with Crippen molar-refractivity contribution in [3.8, 4) is 17.0 Å². The molecule has 5 heteroatoms. The van der Waals surface area contributed by atoms with E-state index in [0.29, 0.717) is 5.75 Å². The normalized spacial score (nSPS) is 10.0. The Morgan fingerprint density at radius 3 is 2.69 bits per heavy atom. The summed E-state index contributed by atoms with van der Waals surface area (Å²) in [7, 11) is 0. The molecule has 2 aromatic rings. The van der Waals surface area contributed by atoms with Crippen LogP contribution in [0.1, 0.15) is 0 Å². The minimum absolute atomic E-state index is 0.323. The predicted octanol–water partition coefficient (Wildman–Crippen LogP) is 2.27. The van der Waals surface area contributed by atoms with Gasteiger partial charge in [0.1, 0.15) is 5.75 Å². The van der Waals surface area contributed by atoms with Crippen LogP contribution in [0.2, 0.25) is 0 Å². The first kappa shape index (κ1) is 10.6. The van der Waals surface area contributed by atoms with Crippen molar-refractivity contribution in [2.24, 2.45) is 0 Å². The molecule has 0 spiro atoms. The summed E-state index contributed by atoms with van der Waals surface area (Å²) in [6.45, 7) is -0.323. The molecule has 0 aliphatic carbocycles. The quantitative estimate of drug-likeness (QED) is 0.883. The average molecular weight is 235 g/mol. The lowest BCUT2D eigenvalue weighted by Gasteiger charge is -2.03. The van der Waals surface area contributed by atoms with Crippen LogP contribution in [0.4, 0.5) is 0 Å². The Bertz CT molecular complexity index is 464. The van der Waals surface area contributed by atoms with Gasteiger partial charge in [0.25, 0.3) is 0 Å². The summed E-state index contributed by atoms with van der Waals surface area (Å²) in [4.78, 5) is 14.5. The van der Waals surface area contributed by atoms with Crippen molar-refractivity contribution in [2.75, 3.05) is 6.61 Å². The fourth-order valence-electron chi connectivity index (χ4n) is 1.22. The number of aliphatic carboxylic acids is 1. The van der Waals surface area contributed by atoms with Crippen molar-refractivity contribution in [3.05, 3.63) is 35.2 Å². The second-order valence-electron chi connectivity index (χ2n) is 3.08. The van der Waals surface area contributed by atoms with Crippen LogP contribution in [0, 0.1) is 0 Å². The maximum atomic E-state index is 10.3. The van der Waals surface area contributed by atoms with Gasteiger partial charge in [-0.25, -0.2) is 9.78 Å². The standard InChI is InChI=1S/C11H9NO3S/c13-11(14)5-15-9-3-1-8(2-4-9)10-6-16-7-12-10/h1-4,6-7H,5H2,(H,13,14). The Balaban J connectivity index is 2.08. The molecule has 0 saturated heterocycles. The minimum Gasteiger partial charge on any atom is -0.482 e. The third-order valence-electron chi connectivity index (χ3n) is 1.94. The van der Waals surface area contributed by atoms with E-state index in [4.69, 9.17) is 9.84 Å². The summed E-state index contributed by atoms with van der Waals surface area (Å²) >= 11 is 1.53. The number of benzene rings is 1. The molecule has 0 atom stereocenters. The van der Waals surface area contributed by atoms with Gasteiger partial charge in [0, 0.05) is 10.9 Å². The highest BCUT2D eigenvalue weighted by molar-refractivity contribution is 7.07. The highest BCUT2D eigenvalue weighted by atomic mass is 32.1. The van der Waals surface area contributed by atoms with Crippen LogP contribution in [0.25, 0.3) is 11.3 Å². The molecule has 0 unspecified atom stereocenters. The molecule has 1 aromatic carbocycles. The second-order valence-corrected chi connectivity index (χ2v) is 3.80. The molecular formula is C11H9NO3S. The van der Waals surface area contributed by atoms with Crippen LogP contribution < -0.4 is 4.74 Å². The lowest BCUT2D eigenvalue weighted by atomic mass is 10.2. The van der Waals surface area contributed by atoms with Crippen LogP contribution in [0.5, 0.6) is 5.75 Å². The number of rotatable bonds is 4. The Kier molecular flexibility index (Phi) is 3.16. The topological polar surface area (TPSA) is 59.4 Å². The summed E-state index contributed by atoms with van der Waals surface area (Å²) in [5.41, 5.74) is 3.67. The lowest BCUT2D eigenvalue weighted by Crippen LogP contribution is -2.09. The van der Waals surface area contributed by atoms with Gasteiger partial charge in [0.05, 0.1) is 11.2 Å². The van der Waals surface area contributed by atoms with Gasteiger partial charge in [-0.3, -0.25) is 0 Å². The number of hydrogen-bond acceptors (Lipinski definition) is 4. The minimum atomic E-state index is -0.983. The van der Waals surface area contributed by atoms with E-state index in [-0.39, 0.29) is 6.61 Å². The average Bonchev–Trinajstić information content (AvgIpc) is 2.80. The van der Waals surface area contributed by atoms with Gasteiger partial charge < -0.3 is 9.84 Å². The first-order chi connectivity index (χ1) is 7.75. The molecule has 0 radical (unpaired) electrons. The number of ether oxygens (including phenoxy) is 1. The third kappa shape index (κ3) is 2.58. The number of carboxylic acids is 1. The molecule has 1 heterocycles. The molecule has 16 heavy (non-hydrogen) atoms. The van der Waals surface area contributed by atoms with E-state index in [2.05, 4.69) is 4.98 Å². The van der Waals surface area contributed by atoms with E-state index in [1.807, 2.05) is 17.5 Å². The lowest BCUT2D eigenvalue weighted by molar-refractivity contribution is -0.139. The monoisotopic (exact) mass is 235 g/mol. The summed E-state index contributed by atoms with van der Waals surface area (Å²) in [5, 5.41) is 10.4. The molecule has 0 bridgehead atoms. The van der Waals surface area contributed by atoms with E-state index in [1.165, 1.54) is 11.3 Å². The zero-order chi connectivity index (χ0) is 11.4. The van der Waals surface area contributed by atoms with Crippen LogP contribution >= 0.6 is 11.3 Å². The van der Waals surface area contributed by atoms with Gasteiger partial charge in [0.2, 0.25) is 0 Å². The fraction of sp³-hybridized carbons (Fsp3) is 0.0909.